The number of rotatable bonds is 4. The summed E-state index contributed by atoms with van der Waals surface area (Å²) in [4.78, 5) is 2.05. The zero-order valence-electron chi connectivity index (χ0n) is 11.0. The molecule has 0 bridgehead atoms. The Morgan fingerprint density at radius 3 is 2.63 bits per heavy atom. The van der Waals surface area contributed by atoms with E-state index in [0.29, 0.717) is 11.0 Å². The molecule has 0 fully saturated rings. The monoisotopic (exact) mass is 322 g/mol. The van der Waals surface area contributed by atoms with Crippen LogP contribution in [0.4, 0.5) is 15.8 Å². The molecule has 2 aromatic rings. The van der Waals surface area contributed by atoms with E-state index in [1.165, 1.54) is 6.07 Å². The van der Waals surface area contributed by atoms with Crippen molar-refractivity contribution in [1.82, 2.24) is 0 Å². The summed E-state index contributed by atoms with van der Waals surface area (Å²) in [7, 11) is 4.01. The average molecular weight is 323 g/mol. The van der Waals surface area contributed by atoms with E-state index >= 15 is 0 Å². The molecule has 2 aromatic carbocycles. The maximum Gasteiger partial charge on any atom is 0.137 e. The summed E-state index contributed by atoms with van der Waals surface area (Å²) in [5, 5.41) is 3.29. The summed E-state index contributed by atoms with van der Waals surface area (Å²) < 4.78 is 13.9. The van der Waals surface area contributed by atoms with Gasteiger partial charge in [0.1, 0.15) is 5.82 Å². The quantitative estimate of drug-likeness (QED) is 0.904. The topological polar surface area (TPSA) is 15.3 Å². The van der Waals surface area contributed by atoms with Crippen LogP contribution in [0, 0.1) is 5.82 Å². The Kier molecular flexibility index (Phi) is 4.43. The summed E-state index contributed by atoms with van der Waals surface area (Å²) in [5.74, 6) is -0.235. The molecule has 0 saturated heterocycles. The van der Waals surface area contributed by atoms with Crippen LogP contribution in [0.15, 0.2) is 46.9 Å². The van der Waals surface area contributed by atoms with Crippen LogP contribution in [0.1, 0.15) is 5.56 Å². The second-order valence-corrected chi connectivity index (χ2v) is 5.40. The van der Waals surface area contributed by atoms with Crippen LogP contribution in [0.25, 0.3) is 0 Å². The molecule has 0 aliphatic heterocycles. The SMILES string of the molecule is CN(C)c1cccc(NCc2ccc(Br)c(F)c2)c1. The first-order valence-corrected chi connectivity index (χ1v) is 6.81. The predicted octanol–water partition coefficient (Wildman–Crippen LogP) is 4.27. The lowest BCUT2D eigenvalue weighted by atomic mass is 10.2. The van der Waals surface area contributed by atoms with E-state index in [1.54, 1.807) is 6.07 Å². The lowest BCUT2D eigenvalue weighted by Gasteiger charge is -2.14. The first-order valence-electron chi connectivity index (χ1n) is 6.01. The van der Waals surface area contributed by atoms with Gasteiger partial charge in [0.2, 0.25) is 0 Å². The van der Waals surface area contributed by atoms with Crippen LogP contribution in [0.5, 0.6) is 0 Å². The van der Waals surface area contributed by atoms with Gasteiger partial charge in [-0.2, -0.15) is 0 Å². The Bertz CT molecular complexity index is 570. The molecule has 2 rings (SSSR count). The normalized spacial score (nSPS) is 10.3. The maximum absolute atomic E-state index is 13.4. The summed E-state index contributed by atoms with van der Waals surface area (Å²) in [6.07, 6.45) is 0. The van der Waals surface area contributed by atoms with Crippen molar-refractivity contribution in [3.05, 3.63) is 58.3 Å². The van der Waals surface area contributed by atoms with E-state index < -0.39 is 0 Å². The van der Waals surface area contributed by atoms with Gasteiger partial charge in [-0.3, -0.25) is 0 Å². The van der Waals surface area contributed by atoms with E-state index in [1.807, 2.05) is 43.3 Å². The minimum atomic E-state index is -0.235. The molecule has 0 aromatic heterocycles. The van der Waals surface area contributed by atoms with Crippen molar-refractivity contribution < 1.29 is 4.39 Å². The summed E-state index contributed by atoms with van der Waals surface area (Å²) in [5.41, 5.74) is 3.07. The summed E-state index contributed by atoms with van der Waals surface area (Å²) in [6, 6.07) is 13.3. The molecular formula is C15H16BrFN2. The molecule has 0 aliphatic rings. The molecule has 0 heterocycles. The van der Waals surface area contributed by atoms with Gasteiger partial charge in [-0.1, -0.05) is 12.1 Å². The molecule has 1 N–H and O–H groups in total. The number of nitrogens with one attached hydrogen (secondary N) is 1. The minimum Gasteiger partial charge on any atom is -0.381 e. The van der Waals surface area contributed by atoms with Gasteiger partial charge in [-0.05, 0) is 51.8 Å². The lowest BCUT2D eigenvalue weighted by Crippen LogP contribution is -2.09. The van der Waals surface area contributed by atoms with Gasteiger partial charge in [-0.15, -0.1) is 0 Å². The van der Waals surface area contributed by atoms with Crippen molar-refractivity contribution in [3.8, 4) is 0 Å². The Labute approximate surface area is 121 Å². The number of nitrogens with zero attached hydrogens (tertiary/aromatic N) is 1. The molecule has 100 valence electrons. The van der Waals surface area contributed by atoms with Gasteiger partial charge < -0.3 is 10.2 Å². The number of benzene rings is 2. The van der Waals surface area contributed by atoms with Crippen molar-refractivity contribution in [2.45, 2.75) is 6.54 Å². The van der Waals surface area contributed by atoms with E-state index in [-0.39, 0.29) is 5.82 Å². The smallest absolute Gasteiger partial charge is 0.137 e. The first-order chi connectivity index (χ1) is 9.06. The Morgan fingerprint density at radius 1 is 1.16 bits per heavy atom. The van der Waals surface area contributed by atoms with Crippen molar-refractivity contribution in [3.63, 3.8) is 0 Å². The molecule has 0 aliphatic carbocycles. The van der Waals surface area contributed by atoms with Gasteiger partial charge >= 0.3 is 0 Å². The highest BCUT2D eigenvalue weighted by molar-refractivity contribution is 9.10. The van der Waals surface area contributed by atoms with Crippen molar-refractivity contribution >= 4 is 27.3 Å². The molecule has 0 spiro atoms. The molecule has 19 heavy (non-hydrogen) atoms. The van der Waals surface area contributed by atoms with Crippen LogP contribution >= 0.6 is 15.9 Å². The zero-order valence-corrected chi connectivity index (χ0v) is 12.5. The van der Waals surface area contributed by atoms with Crippen molar-refractivity contribution in [2.24, 2.45) is 0 Å². The minimum absolute atomic E-state index is 0.235. The van der Waals surface area contributed by atoms with Crippen LogP contribution in [0.3, 0.4) is 0 Å². The van der Waals surface area contributed by atoms with Crippen LogP contribution in [-0.4, -0.2) is 14.1 Å². The number of hydrogen-bond donors (Lipinski definition) is 1. The summed E-state index contributed by atoms with van der Waals surface area (Å²) >= 11 is 3.15. The Balaban J connectivity index is 2.05. The fourth-order valence-electron chi connectivity index (χ4n) is 1.75. The van der Waals surface area contributed by atoms with Gasteiger partial charge in [-0.25, -0.2) is 4.39 Å². The number of anilines is 2. The summed E-state index contributed by atoms with van der Waals surface area (Å²) in [6.45, 7) is 0.598. The molecule has 0 radical (unpaired) electrons. The van der Waals surface area contributed by atoms with Crippen LogP contribution in [0.2, 0.25) is 0 Å². The van der Waals surface area contributed by atoms with E-state index in [2.05, 4.69) is 27.3 Å². The van der Waals surface area contributed by atoms with Gasteiger partial charge in [0.25, 0.3) is 0 Å². The fourth-order valence-corrected chi connectivity index (χ4v) is 1.99. The molecule has 0 unspecified atom stereocenters. The zero-order chi connectivity index (χ0) is 13.8. The van der Waals surface area contributed by atoms with E-state index in [4.69, 9.17) is 0 Å². The third kappa shape index (κ3) is 3.70. The Morgan fingerprint density at radius 2 is 1.95 bits per heavy atom. The van der Waals surface area contributed by atoms with Gasteiger partial charge in [0, 0.05) is 32.0 Å². The standard InChI is InChI=1S/C15H16BrFN2/c1-19(2)13-5-3-4-12(9-13)18-10-11-6-7-14(16)15(17)8-11/h3-9,18H,10H2,1-2H3. The molecule has 2 nitrogen and oxygen atoms in total. The van der Waals surface area contributed by atoms with Crippen molar-refractivity contribution in [1.29, 1.82) is 0 Å². The third-order valence-electron chi connectivity index (χ3n) is 2.84. The van der Waals surface area contributed by atoms with Gasteiger partial charge in [0.05, 0.1) is 4.47 Å². The third-order valence-corrected chi connectivity index (χ3v) is 3.49. The number of hydrogen-bond acceptors (Lipinski definition) is 2. The maximum atomic E-state index is 13.4. The second-order valence-electron chi connectivity index (χ2n) is 4.55. The molecule has 0 amide bonds. The fraction of sp³-hybridized carbons (Fsp3) is 0.200. The van der Waals surface area contributed by atoms with E-state index in [9.17, 15) is 4.39 Å². The second kappa shape index (κ2) is 6.06. The highest BCUT2D eigenvalue weighted by atomic mass is 79.9. The van der Waals surface area contributed by atoms with Gasteiger partial charge in [0.15, 0.2) is 0 Å². The van der Waals surface area contributed by atoms with Crippen LogP contribution in [-0.2, 0) is 6.54 Å². The highest BCUT2D eigenvalue weighted by Gasteiger charge is 2.01. The predicted molar refractivity (Wildman–Crippen MR) is 82.2 cm³/mol. The molecule has 0 atom stereocenters. The number of halogens is 2. The largest absolute Gasteiger partial charge is 0.381 e. The average Bonchev–Trinajstić information content (AvgIpc) is 2.40. The Hall–Kier alpha value is -1.55. The lowest BCUT2D eigenvalue weighted by molar-refractivity contribution is 0.619. The highest BCUT2D eigenvalue weighted by Crippen LogP contribution is 2.20. The molecular weight excluding hydrogens is 307 g/mol. The molecule has 4 heteroatoms. The van der Waals surface area contributed by atoms with Crippen LogP contribution < -0.4 is 10.2 Å². The van der Waals surface area contributed by atoms with Crippen molar-refractivity contribution in [2.75, 3.05) is 24.3 Å². The molecule has 0 saturated carbocycles. The first kappa shape index (κ1) is 13.9. The van der Waals surface area contributed by atoms with E-state index in [0.717, 1.165) is 16.9 Å².